The molecule has 3 aromatic rings. The number of nitrogens with zero attached hydrogens (tertiary/aromatic N) is 2. The zero-order chi connectivity index (χ0) is 20.8. The zero-order valence-electron chi connectivity index (χ0n) is 17.2. The van der Waals surface area contributed by atoms with Crippen molar-refractivity contribution in [1.82, 2.24) is 14.9 Å². The Morgan fingerprint density at radius 3 is 2.45 bits per heavy atom. The van der Waals surface area contributed by atoms with Crippen LogP contribution in [0.2, 0.25) is 0 Å². The molecule has 2 heterocycles. The molecule has 3 rings (SSSR count). The molecule has 1 aromatic carbocycles. The third-order valence-electron chi connectivity index (χ3n) is 4.81. The van der Waals surface area contributed by atoms with Gasteiger partial charge in [-0.3, -0.25) is 14.6 Å². The summed E-state index contributed by atoms with van der Waals surface area (Å²) in [5.41, 5.74) is 3.63. The number of carbonyl (C=O) groups excluding carboxylic acids is 1. The SMILES string of the molecule is Cc1cc(=O)c(C(=O)NC(C)C)c(CCc2ccccc2)n1Cc1ccccn1. The van der Waals surface area contributed by atoms with Crippen LogP contribution < -0.4 is 10.7 Å². The van der Waals surface area contributed by atoms with Gasteiger partial charge in [-0.2, -0.15) is 0 Å². The molecule has 5 nitrogen and oxygen atoms in total. The van der Waals surface area contributed by atoms with E-state index >= 15 is 0 Å². The van der Waals surface area contributed by atoms with Gasteiger partial charge in [0.25, 0.3) is 5.91 Å². The maximum Gasteiger partial charge on any atom is 0.257 e. The highest BCUT2D eigenvalue weighted by Crippen LogP contribution is 2.15. The minimum atomic E-state index is -0.317. The lowest BCUT2D eigenvalue weighted by atomic mass is 10.0. The van der Waals surface area contributed by atoms with Crippen LogP contribution in [-0.2, 0) is 19.4 Å². The number of hydrogen-bond acceptors (Lipinski definition) is 3. The molecular weight excluding hydrogens is 362 g/mol. The molecule has 2 aromatic heterocycles. The van der Waals surface area contributed by atoms with E-state index in [9.17, 15) is 9.59 Å². The highest BCUT2D eigenvalue weighted by molar-refractivity contribution is 5.95. The number of amides is 1. The van der Waals surface area contributed by atoms with Gasteiger partial charge in [-0.05, 0) is 51.3 Å². The van der Waals surface area contributed by atoms with Crippen molar-refractivity contribution in [2.24, 2.45) is 0 Å². The molecule has 0 radical (unpaired) electrons. The molecule has 1 N–H and O–H groups in total. The fourth-order valence-electron chi connectivity index (χ4n) is 3.45. The van der Waals surface area contributed by atoms with Crippen LogP contribution in [0.3, 0.4) is 0 Å². The molecular formula is C24H27N3O2. The Morgan fingerprint density at radius 1 is 1.07 bits per heavy atom. The van der Waals surface area contributed by atoms with Gasteiger partial charge in [-0.15, -0.1) is 0 Å². The molecule has 5 heteroatoms. The van der Waals surface area contributed by atoms with Gasteiger partial charge < -0.3 is 9.88 Å². The van der Waals surface area contributed by atoms with Crippen molar-refractivity contribution in [2.75, 3.05) is 0 Å². The second-order valence-electron chi connectivity index (χ2n) is 7.49. The van der Waals surface area contributed by atoms with Gasteiger partial charge in [0.15, 0.2) is 5.43 Å². The van der Waals surface area contributed by atoms with Gasteiger partial charge in [-0.1, -0.05) is 36.4 Å². The number of hydrogen-bond donors (Lipinski definition) is 1. The van der Waals surface area contributed by atoms with Crippen LogP contribution in [0.5, 0.6) is 0 Å². The van der Waals surface area contributed by atoms with Gasteiger partial charge in [0, 0.05) is 29.7 Å². The molecule has 0 saturated heterocycles. The summed E-state index contributed by atoms with van der Waals surface area (Å²) < 4.78 is 2.04. The molecule has 0 aliphatic rings. The van der Waals surface area contributed by atoms with Crippen molar-refractivity contribution in [3.63, 3.8) is 0 Å². The van der Waals surface area contributed by atoms with E-state index in [4.69, 9.17) is 0 Å². The Bertz CT molecular complexity index is 1030. The number of aryl methyl sites for hydroxylation is 2. The second-order valence-corrected chi connectivity index (χ2v) is 7.49. The first-order valence-corrected chi connectivity index (χ1v) is 9.93. The Kier molecular flexibility index (Phi) is 6.60. The number of pyridine rings is 2. The van der Waals surface area contributed by atoms with E-state index in [-0.39, 0.29) is 22.9 Å². The minimum Gasteiger partial charge on any atom is -0.350 e. The molecule has 0 spiro atoms. The first-order valence-electron chi connectivity index (χ1n) is 9.93. The Balaban J connectivity index is 2.07. The van der Waals surface area contributed by atoms with E-state index in [1.54, 1.807) is 12.3 Å². The lowest BCUT2D eigenvalue weighted by Crippen LogP contribution is -2.36. The Morgan fingerprint density at radius 2 is 1.79 bits per heavy atom. The predicted octanol–water partition coefficient (Wildman–Crippen LogP) is 3.52. The summed E-state index contributed by atoms with van der Waals surface area (Å²) in [6, 6.07) is 17.4. The molecule has 150 valence electrons. The molecule has 0 bridgehead atoms. The summed E-state index contributed by atoms with van der Waals surface area (Å²) in [5, 5.41) is 2.88. The van der Waals surface area contributed by atoms with Crippen LogP contribution in [0.25, 0.3) is 0 Å². The van der Waals surface area contributed by atoms with Gasteiger partial charge in [-0.25, -0.2) is 0 Å². The van der Waals surface area contributed by atoms with E-state index in [0.29, 0.717) is 13.0 Å². The quantitative estimate of drug-likeness (QED) is 0.672. The van der Waals surface area contributed by atoms with Gasteiger partial charge in [0.2, 0.25) is 0 Å². The highest BCUT2D eigenvalue weighted by atomic mass is 16.2. The van der Waals surface area contributed by atoms with Gasteiger partial charge in [0.1, 0.15) is 5.56 Å². The highest BCUT2D eigenvalue weighted by Gasteiger charge is 2.21. The van der Waals surface area contributed by atoms with E-state index < -0.39 is 0 Å². The largest absolute Gasteiger partial charge is 0.350 e. The standard InChI is InChI=1S/C24H27N3O2/c1-17(2)26-24(29)23-21(13-12-19-9-5-4-6-10-19)27(18(3)15-22(23)28)16-20-11-7-8-14-25-20/h4-11,14-15,17H,12-13,16H2,1-3H3,(H,26,29). The summed E-state index contributed by atoms with van der Waals surface area (Å²) >= 11 is 0. The number of aromatic nitrogens is 2. The average molecular weight is 389 g/mol. The lowest BCUT2D eigenvalue weighted by Gasteiger charge is -2.20. The summed E-state index contributed by atoms with van der Waals surface area (Å²) in [6.07, 6.45) is 3.09. The fraction of sp³-hybridized carbons (Fsp3) is 0.292. The first kappa shape index (κ1) is 20.5. The van der Waals surface area contributed by atoms with Crippen LogP contribution in [-0.4, -0.2) is 21.5 Å². The molecule has 0 atom stereocenters. The van der Waals surface area contributed by atoms with E-state index in [2.05, 4.69) is 22.4 Å². The van der Waals surface area contributed by atoms with Crippen molar-refractivity contribution in [2.45, 2.75) is 46.2 Å². The molecule has 0 aliphatic heterocycles. The van der Waals surface area contributed by atoms with Crippen molar-refractivity contribution in [1.29, 1.82) is 0 Å². The number of carbonyl (C=O) groups is 1. The third-order valence-corrected chi connectivity index (χ3v) is 4.81. The Labute approximate surface area is 171 Å². The predicted molar refractivity (Wildman–Crippen MR) is 115 cm³/mol. The third kappa shape index (κ3) is 5.19. The molecule has 29 heavy (non-hydrogen) atoms. The van der Waals surface area contributed by atoms with Crippen molar-refractivity contribution >= 4 is 5.91 Å². The molecule has 0 aliphatic carbocycles. The summed E-state index contributed by atoms with van der Waals surface area (Å²) in [7, 11) is 0. The lowest BCUT2D eigenvalue weighted by molar-refractivity contribution is 0.0940. The average Bonchev–Trinajstić information content (AvgIpc) is 2.69. The molecule has 0 unspecified atom stereocenters. The van der Waals surface area contributed by atoms with Crippen molar-refractivity contribution < 1.29 is 4.79 Å². The van der Waals surface area contributed by atoms with Crippen LogP contribution >= 0.6 is 0 Å². The van der Waals surface area contributed by atoms with E-state index in [1.165, 1.54) is 5.56 Å². The van der Waals surface area contributed by atoms with Gasteiger partial charge >= 0.3 is 0 Å². The van der Waals surface area contributed by atoms with E-state index in [0.717, 1.165) is 23.5 Å². The number of nitrogens with one attached hydrogen (secondary N) is 1. The second kappa shape index (κ2) is 9.32. The van der Waals surface area contributed by atoms with Crippen LogP contribution in [0.15, 0.2) is 65.6 Å². The van der Waals surface area contributed by atoms with Crippen LogP contribution in [0.4, 0.5) is 0 Å². The molecule has 0 fully saturated rings. The monoisotopic (exact) mass is 389 g/mol. The maximum absolute atomic E-state index is 12.9. The summed E-state index contributed by atoms with van der Waals surface area (Å²) in [4.78, 5) is 30.1. The minimum absolute atomic E-state index is 0.0468. The summed E-state index contributed by atoms with van der Waals surface area (Å²) in [6.45, 7) is 6.20. The number of rotatable bonds is 7. The van der Waals surface area contributed by atoms with Crippen LogP contribution in [0, 0.1) is 6.92 Å². The topological polar surface area (TPSA) is 64.0 Å². The smallest absolute Gasteiger partial charge is 0.257 e. The normalized spacial score (nSPS) is 10.9. The first-order chi connectivity index (χ1) is 14.0. The Hall–Kier alpha value is -3.21. The maximum atomic E-state index is 12.9. The van der Waals surface area contributed by atoms with Crippen molar-refractivity contribution in [3.8, 4) is 0 Å². The fourth-order valence-corrected chi connectivity index (χ4v) is 3.45. The summed E-state index contributed by atoms with van der Waals surface area (Å²) in [5.74, 6) is -0.317. The molecule has 1 amide bonds. The van der Waals surface area contributed by atoms with Gasteiger partial charge in [0.05, 0.1) is 12.2 Å². The number of benzene rings is 1. The van der Waals surface area contributed by atoms with Crippen molar-refractivity contribution in [3.05, 3.63) is 99.2 Å². The molecule has 0 saturated carbocycles. The van der Waals surface area contributed by atoms with E-state index in [1.807, 2.05) is 61.7 Å². The zero-order valence-corrected chi connectivity index (χ0v) is 17.2. The van der Waals surface area contributed by atoms with Crippen LogP contribution in [0.1, 0.15) is 46.9 Å².